The summed E-state index contributed by atoms with van der Waals surface area (Å²) in [7, 11) is 0. The largest absolute Gasteiger partial charge is 0.381 e. The van der Waals surface area contributed by atoms with Gasteiger partial charge in [0.05, 0.1) is 6.61 Å². The fraction of sp³-hybridized carbons (Fsp3) is 1.00. The maximum atomic E-state index is 5.70. The van der Waals surface area contributed by atoms with Gasteiger partial charge in [0.1, 0.15) is 0 Å². The van der Waals surface area contributed by atoms with Crippen molar-refractivity contribution in [3.05, 3.63) is 0 Å². The first kappa shape index (κ1) is 14.6. The van der Waals surface area contributed by atoms with Crippen molar-refractivity contribution in [2.45, 2.75) is 32.7 Å². The maximum Gasteiger partial charge on any atom is 0.0547 e. The van der Waals surface area contributed by atoms with E-state index in [1.807, 2.05) is 0 Å². The van der Waals surface area contributed by atoms with Crippen molar-refractivity contribution >= 4 is 11.8 Å². The third-order valence-corrected chi connectivity index (χ3v) is 5.34. The van der Waals surface area contributed by atoms with Crippen LogP contribution in [0.25, 0.3) is 0 Å². The Morgan fingerprint density at radius 2 is 2.39 bits per heavy atom. The lowest BCUT2D eigenvalue weighted by molar-refractivity contribution is 0.0960. The third-order valence-electron chi connectivity index (χ3n) is 4.16. The zero-order valence-electron chi connectivity index (χ0n) is 11.9. The predicted octanol–water partition coefficient (Wildman–Crippen LogP) is 1.83. The summed E-state index contributed by atoms with van der Waals surface area (Å²) in [5.41, 5.74) is 0.367. The topological polar surface area (TPSA) is 24.5 Å². The molecule has 4 heteroatoms. The van der Waals surface area contributed by atoms with Gasteiger partial charge in [-0.3, -0.25) is 4.90 Å². The molecular weight excluding hydrogens is 244 g/mol. The summed E-state index contributed by atoms with van der Waals surface area (Å²) in [6, 6.07) is 0.729. The predicted molar refractivity (Wildman–Crippen MR) is 79.4 cm³/mol. The lowest BCUT2D eigenvalue weighted by Gasteiger charge is -2.40. The molecule has 2 aliphatic rings. The lowest BCUT2D eigenvalue weighted by Crippen LogP contribution is -2.50. The van der Waals surface area contributed by atoms with Crippen LogP contribution in [0.1, 0.15) is 26.7 Å². The van der Waals surface area contributed by atoms with E-state index in [2.05, 4.69) is 35.8 Å². The summed E-state index contributed by atoms with van der Waals surface area (Å²) >= 11 is 2.10. The SMILES string of the molecule is CCCNCC1(CN2CCSCC2C)CCOC1. The molecule has 0 saturated carbocycles. The molecule has 2 fully saturated rings. The minimum absolute atomic E-state index is 0.367. The van der Waals surface area contributed by atoms with E-state index in [1.165, 1.54) is 37.4 Å². The van der Waals surface area contributed by atoms with Crippen LogP contribution in [0.15, 0.2) is 0 Å². The average Bonchev–Trinajstić information content (AvgIpc) is 2.82. The molecule has 0 aromatic carbocycles. The quantitative estimate of drug-likeness (QED) is 0.746. The molecule has 18 heavy (non-hydrogen) atoms. The molecule has 2 unspecified atom stereocenters. The molecule has 0 spiro atoms. The van der Waals surface area contributed by atoms with Crippen molar-refractivity contribution < 1.29 is 4.74 Å². The number of thioether (sulfide) groups is 1. The Balaban J connectivity index is 1.88. The molecule has 3 nitrogen and oxygen atoms in total. The third kappa shape index (κ3) is 3.86. The molecule has 0 aromatic heterocycles. The molecule has 0 bridgehead atoms. The molecule has 2 aliphatic heterocycles. The highest BCUT2D eigenvalue weighted by Gasteiger charge is 2.37. The Kier molecular flexibility index (Phi) is 5.80. The second-order valence-electron chi connectivity index (χ2n) is 5.87. The summed E-state index contributed by atoms with van der Waals surface area (Å²) in [6.45, 7) is 11.2. The molecule has 0 aromatic rings. The normalized spacial score (nSPS) is 34.0. The number of nitrogens with zero attached hydrogens (tertiary/aromatic N) is 1. The summed E-state index contributed by atoms with van der Waals surface area (Å²) in [4.78, 5) is 2.68. The smallest absolute Gasteiger partial charge is 0.0547 e. The molecule has 2 heterocycles. The van der Waals surface area contributed by atoms with Gasteiger partial charge in [0, 0.05) is 49.2 Å². The second-order valence-corrected chi connectivity index (χ2v) is 7.02. The standard InChI is InChI=1S/C14H28N2OS/c1-3-5-15-10-14(4-7-17-12-14)11-16-6-8-18-9-13(16)2/h13,15H,3-12H2,1-2H3. The van der Waals surface area contributed by atoms with Gasteiger partial charge in [-0.25, -0.2) is 0 Å². The summed E-state index contributed by atoms with van der Waals surface area (Å²) in [5.74, 6) is 2.59. The van der Waals surface area contributed by atoms with E-state index >= 15 is 0 Å². The van der Waals surface area contributed by atoms with E-state index in [4.69, 9.17) is 4.74 Å². The van der Waals surface area contributed by atoms with Gasteiger partial charge in [0.2, 0.25) is 0 Å². The maximum absolute atomic E-state index is 5.70. The van der Waals surface area contributed by atoms with Crippen molar-refractivity contribution in [2.75, 3.05) is 50.9 Å². The highest BCUT2D eigenvalue weighted by atomic mass is 32.2. The van der Waals surface area contributed by atoms with Crippen molar-refractivity contribution in [3.8, 4) is 0 Å². The highest BCUT2D eigenvalue weighted by molar-refractivity contribution is 7.99. The van der Waals surface area contributed by atoms with E-state index in [-0.39, 0.29) is 0 Å². The Morgan fingerprint density at radius 1 is 1.50 bits per heavy atom. The number of ether oxygens (including phenoxy) is 1. The van der Waals surface area contributed by atoms with Crippen molar-refractivity contribution in [2.24, 2.45) is 5.41 Å². The highest BCUT2D eigenvalue weighted by Crippen LogP contribution is 2.31. The summed E-state index contributed by atoms with van der Waals surface area (Å²) in [5, 5.41) is 3.61. The van der Waals surface area contributed by atoms with Gasteiger partial charge < -0.3 is 10.1 Å². The summed E-state index contributed by atoms with van der Waals surface area (Å²) < 4.78 is 5.70. The van der Waals surface area contributed by atoms with Gasteiger partial charge >= 0.3 is 0 Å². The van der Waals surface area contributed by atoms with Gasteiger partial charge in [-0.15, -0.1) is 0 Å². The Hall–Kier alpha value is 0.230. The molecule has 0 aliphatic carbocycles. The van der Waals surface area contributed by atoms with Crippen LogP contribution in [0.4, 0.5) is 0 Å². The van der Waals surface area contributed by atoms with Crippen molar-refractivity contribution in [1.82, 2.24) is 10.2 Å². The van der Waals surface area contributed by atoms with Crippen LogP contribution in [0.2, 0.25) is 0 Å². The van der Waals surface area contributed by atoms with E-state index in [0.717, 1.165) is 32.3 Å². The number of hydrogen-bond donors (Lipinski definition) is 1. The molecule has 2 rings (SSSR count). The van der Waals surface area contributed by atoms with Crippen LogP contribution in [0.5, 0.6) is 0 Å². The lowest BCUT2D eigenvalue weighted by atomic mass is 9.86. The summed E-state index contributed by atoms with van der Waals surface area (Å²) in [6.07, 6.45) is 2.44. The van der Waals surface area contributed by atoms with E-state index in [0.29, 0.717) is 5.41 Å². The first-order chi connectivity index (χ1) is 8.76. The fourth-order valence-electron chi connectivity index (χ4n) is 2.93. The monoisotopic (exact) mass is 272 g/mol. The first-order valence-corrected chi connectivity index (χ1v) is 8.51. The zero-order chi connectivity index (χ0) is 12.8. The van der Waals surface area contributed by atoms with Crippen LogP contribution in [-0.2, 0) is 4.74 Å². The molecule has 106 valence electrons. The van der Waals surface area contributed by atoms with Crippen LogP contribution < -0.4 is 5.32 Å². The van der Waals surface area contributed by atoms with E-state index in [9.17, 15) is 0 Å². The fourth-order valence-corrected chi connectivity index (χ4v) is 4.01. The van der Waals surface area contributed by atoms with E-state index in [1.54, 1.807) is 0 Å². The molecule has 1 N–H and O–H groups in total. The second kappa shape index (κ2) is 7.13. The number of nitrogens with one attached hydrogen (secondary N) is 1. The molecular formula is C14H28N2OS. The molecule has 2 atom stereocenters. The van der Waals surface area contributed by atoms with Gasteiger partial charge in [0.15, 0.2) is 0 Å². The van der Waals surface area contributed by atoms with Gasteiger partial charge in [-0.05, 0) is 26.3 Å². The van der Waals surface area contributed by atoms with Gasteiger partial charge in [0.25, 0.3) is 0 Å². The minimum Gasteiger partial charge on any atom is -0.381 e. The molecule has 2 saturated heterocycles. The molecule has 0 radical (unpaired) electrons. The minimum atomic E-state index is 0.367. The van der Waals surface area contributed by atoms with Crippen LogP contribution in [-0.4, -0.2) is 61.8 Å². The van der Waals surface area contributed by atoms with Crippen LogP contribution >= 0.6 is 11.8 Å². The molecule has 0 amide bonds. The Labute approximate surface area is 116 Å². The average molecular weight is 272 g/mol. The Morgan fingerprint density at radius 3 is 3.06 bits per heavy atom. The van der Waals surface area contributed by atoms with Crippen molar-refractivity contribution in [3.63, 3.8) is 0 Å². The van der Waals surface area contributed by atoms with Crippen LogP contribution in [0, 0.1) is 5.41 Å². The van der Waals surface area contributed by atoms with Gasteiger partial charge in [-0.2, -0.15) is 11.8 Å². The van der Waals surface area contributed by atoms with E-state index < -0.39 is 0 Å². The first-order valence-electron chi connectivity index (χ1n) is 7.36. The van der Waals surface area contributed by atoms with Crippen molar-refractivity contribution in [1.29, 1.82) is 0 Å². The Bertz CT molecular complexity index is 244. The zero-order valence-corrected chi connectivity index (χ0v) is 12.7. The van der Waals surface area contributed by atoms with Crippen LogP contribution in [0.3, 0.4) is 0 Å². The number of hydrogen-bond acceptors (Lipinski definition) is 4. The van der Waals surface area contributed by atoms with Gasteiger partial charge in [-0.1, -0.05) is 6.92 Å². The number of rotatable bonds is 6.